The van der Waals surface area contributed by atoms with E-state index in [1.165, 1.54) is 6.08 Å². The Morgan fingerprint density at radius 1 is 1.73 bits per heavy atom. The molecule has 1 aliphatic heterocycles. The van der Waals surface area contributed by atoms with Gasteiger partial charge in [0, 0.05) is 18.1 Å². The topological polar surface area (TPSA) is 55.4 Å². The molecule has 1 amide bonds. The van der Waals surface area contributed by atoms with Crippen LogP contribution in [0.15, 0.2) is 11.6 Å². The molecule has 4 nitrogen and oxygen atoms in total. The molecular formula is C6H6INO3. The van der Waals surface area contributed by atoms with E-state index in [2.05, 4.69) is 8.27 Å². The van der Waals surface area contributed by atoms with Crippen LogP contribution in [0.2, 0.25) is 0 Å². The number of nitrogens with one attached hydrogen (secondary N) is 1. The fourth-order valence-corrected chi connectivity index (χ4v) is 1.10. The molecule has 0 fully saturated rings. The summed E-state index contributed by atoms with van der Waals surface area (Å²) in [5.74, 6) is -0.659. The van der Waals surface area contributed by atoms with Crippen LogP contribution in [0.25, 0.3) is 0 Å². The second-order valence-corrected chi connectivity index (χ2v) is 2.55. The Kier molecular flexibility index (Phi) is 2.86. The predicted molar refractivity (Wildman–Crippen MR) is 45.8 cm³/mol. The van der Waals surface area contributed by atoms with Crippen LogP contribution in [0.4, 0.5) is 0 Å². The Balaban J connectivity index is 2.70. The lowest BCUT2D eigenvalue weighted by atomic mass is 10.1. The summed E-state index contributed by atoms with van der Waals surface area (Å²) in [7, 11) is 0. The van der Waals surface area contributed by atoms with Gasteiger partial charge in [0.1, 0.15) is 0 Å². The van der Waals surface area contributed by atoms with E-state index in [1.54, 1.807) is 22.9 Å². The van der Waals surface area contributed by atoms with Gasteiger partial charge < -0.3 is 4.74 Å². The van der Waals surface area contributed by atoms with E-state index in [1.807, 2.05) is 0 Å². The van der Waals surface area contributed by atoms with Gasteiger partial charge in [-0.15, -0.1) is 0 Å². The van der Waals surface area contributed by atoms with Crippen LogP contribution in [-0.4, -0.2) is 18.5 Å². The third-order valence-corrected chi connectivity index (χ3v) is 1.78. The second-order valence-electron chi connectivity index (χ2n) is 2.01. The number of cyclic esters (lactones) is 1. The summed E-state index contributed by atoms with van der Waals surface area (Å²) >= 11 is 1.73. The van der Waals surface area contributed by atoms with Gasteiger partial charge in [0.25, 0.3) is 5.91 Å². The summed E-state index contributed by atoms with van der Waals surface area (Å²) < 4.78 is 7.02. The van der Waals surface area contributed by atoms with Gasteiger partial charge in [-0.1, -0.05) is 0 Å². The Morgan fingerprint density at radius 3 is 3.00 bits per heavy atom. The minimum Gasteiger partial charge on any atom is -0.462 e. The summed E-state index contributed by atoms with van der Waals surface area (Å²) in [6, 6.07) is 0. The highest BCUT2D eigenvalue weighted by Gasteiger charge is 2.15. The summed E-state index contributed by atoms with van der Waals surface area (Å²) in [4.78, 5) is 21.5. The molecule has 0 aromatic carbocycles. The van der Waals surface area contributed by atoms with Crippen LogP contribution in [-0.2, 0) is 14.3 Å². The van der Waals surface area contributed by atoms with E-state index >= 15 is 0 Å². The van der Waals surface area contributed by atoms with Crippen molar-refractivity contribution in [3.63, 3.8) is 0 Å². The van der Waals surface area contributed by atoms with Crippen LogP contribution in [0.3, 0.4) is 0 Å². The number of hydrogen-bond donors (Lipinski definition) is 1. The van der Waals surface area contributed by atoms with E-state index in [0.29, 0.717) is 18.6 Å². The molecule has 1 N–H and O–H groups in total. The van der Waals surface area contributed by atoms with Gasteiger partial charge in [-0.05, 0) is 0 Å². The molecule has 0 spiro atoms. The molecule has 5 heteroatoms. The zero-order valence-corrected chi connectivity index (χ0v) is 7.75. The van der Waals surface area contributed by atoms with Crippen molar-refractivity contribution in [3.05, 3.63) is 11.6 Å². The number of carbonyl (C=O) groups is 2. The van der Waals surface area contributed by atoms with E-state index in [9.17, 15) is 9.59 Å². The first-order valence-electron chi connectivity index (χ1n) is 3.02. The Bertz CT molecular complexity index is 224. The smallest absolute Gasteiger partial charge is 0.331 e. The van der Waals surface area contributed by atoms with Crippen molar-refractivity contribution in [2.24, 2.45) is 0 Å². The molecule has 1 rings (SSSR count). The van der Waals surface area contributed by atoms with Crippen LogP contribution in [0.1, 0.15) is 6.42 Å². The average Bonchev–Trinajstić information content (AvgIpc) is 2.03. The van der Waals surface area contributed by atoms with Gasteiger partial charge in [-0.2, -0.15) is 0 Å². The number of esters is 1. The van der Waals surface area contributed by atoms with Crippen molar-refractivity contribution in [1.29, 1.82) is 0 Å². The van der Waals surface area contributed by atoms with Gasteiger partial charge >= 0.3 is 5.97 Å². The molecular weight excluding hydrogens is 261 g/mol. The SMILES string of the molecule is O=C1C=C(C(=O)NI)CCO1. The molecule has 11 heavy (non-hydrogen) atoms. The fraction of sp³-hybridized carbons (Fsp3) is 0.333. The van der Waals surface area contributed by atoms with Gasteiger partial charge in [-0.3, -0.25) is 8.32 Å². The number of rotatable bonds is 1. The monoisotopic (exact) mass is 267 g/mol. The molecule has 0 saturated heterocycles. The van der Waals surface area contributed by atoms with Crippen molar-refractivity contribution >= 4 is 34.7 Å². The minimum atomic E-state index is -0.439. The van der Waals surface area contributed by atoms with E-state index in [0.717, 1.165) is 0 Å². The summed E-state index contributed by atoms with van der Waals surface area (Å²) in [6.07, 6.45) is 1.72. The van der Waals surface area contributed by atoms with Gasteiger partial charge in [0.05, 0.1) is 29.5 Å². The summed E-state index contributed by atoms with van der Waals surface area (Å²) in [5, 5.41) is 0. The quantitative estimate of drug-likeness (QED) is 0.423. The molecule has 0 bridgehead atoms. The molecule has 0 aromatic rings. The first-order chi connectivity index (χ1) is 5.24. The molecule has 1 aliphatic rings. The molecule has 0 aromatic heterocycles. The van der Waals surface area contributed by atoms with Crippen molar-refractivity contribution in [1.82, 2.24) is 3.53 Å². The van der Waals surface area contributed by atoms with Crippen LogP contribution in [0, 0.1) is 0 Å². The highest BCUT2D eigenvalue weighted by molar-refractivity contribution is 14.1. The first kappa shape index (κ1) is 8.51. The summed E-state index contributed by atoms with van der Waals surface area (Å²) in [5.41, 5.74) is 0.482. The normalized spacial score (nSPS) is 16.8. The standard InChI is InChI=1S/C6H6INO3/c7-8-6(10)4-1-2-11-5(9)3-4/h3H,1-2H2,(H,8,10). The summed E-state index contributed by atoms with van der Waals surface area (Å²) in [6.45, 7) is 0.300. The molecule has 0 aliphatic carbocycles. The number of halogens is 1. The lowest BCUT2D eigenvalue weighted by Crippen LogP contribution is -2.21. The van der Waals surface area contributed by atoms with Crippen LogP contribution >= 0.6 is 22.9 Å². The lowest BCUT2D eigenvalue weighted by molar-refractivity contribution is -0.139. The molecule has 0 radical (unpaired) electrons. The molecule has 60 valence electrons. The fourth-order valence-electron chi connectivity index (χ4n) is 0.757. The van der Waals surface area contributed by atoms with Crippen molar-refractivity contribution in [2.45, 2.75) is 6.42 Å². The Morgan fingerprint density at radius 2 is 2.45 bits per heavy atom. The van der Waals surface area contributed by atoms with E-state index in [-0.39, 0.29) is 5.91 Å². The second kappa shape index (κ2) is 3.70. The molecule has 1 heterocycles. The Hall–Kier alpha value is -0.590. The minimum absolute atomic E-state index is 0.220. The number of ether oxygens (including phenoxy) is 1. The first-order valence-corrected chi connectivity index (χ1v) is 4.10. The zero-order valence-electron chi connectivity index (χ0n) is 5.59. The van der Waals surface area contributed by atoms with Crippen LogP contribution < -0.4 is 3.53 Å². The van der Waals surface area contributed by atoms with Gasteiger partial charge in [0.2, 0.25) is 0 Å². The maximum Gasteiger partial charge on any atom is 0.331 e. The number of hydrogen-bond acceptors (Lipinski definition) is 3. The number of carbonyl (C=O) groups excluding carboxylic acids is 2. The highest BCUT2D eigenvalue weighted by atomic mass is 127. The lowest BCUT2D eigenvalue weighted by Gasteiger charge is -2.10. The average molecular weight is 267 g/mol. The maximum absolute atomic E-state index is 10.9. The van der Waals surface area contributed by atoms with Crippen LogP contribution in [0.5, 0.6) is 0 Å². The van der Waals surface area contributed by atoms with Crippen molar-refractivity contribution in [2.75, 3.05) is 6.61 Å². The molecule has 0 unspecified atom stereocenters. The molecule has 0 atom stereocenters. The van der Waals surface area contributed by atoms with Gasteiger partial charge in [0.15, 0.2) is 0 Å². The third kappa shape index (κ3) is 2.18. The largest absolute Gasteiger partial charge is 0.462 e. The third-order valence-electron chi connectivity index (χ3n) is 1.29. The Labute approximate surface area is 77.5 Å². The highest BCUT2D eigenvalue weighted by Crippen LogP contribution is 2.08. The predicted octanol–water partition coefficient (Wildman–Crippen LogP) is 0.326. The van der Waals surface area contributed by atoms with Crippen molar-refractivity contribution < 1.29 is 14.3 Å². The zero-order chi connectivity index (χ0) is 8.27. The van der Waals surface area contributed by atoms with E-state index in [4.69, 9.17) is 0 Å². The van der Waals surface area contributed by atoms with Crippen molar-refractivity contribution in [3.8, 4) is 0 Å². The van der Waals surface area contributed by atoms with Gasteiger partial charge in [-0.25, -0.2) is 4.79 Å². The maximum atomic E-state index is 10.9. The molecule has 0 saturated carbocycles. The van der Waals surface area contributed by atoms with E-state index < -0.39 is 5.97 Å². The number of amides is 1.